The number of aromatic nitrogens is 2. The molecule has 0 atom stereocenters. The first-order chi connectivity index (χ1) is 12.2. The molecule has 0 radical (unpaired) electrons. The molecule has 26 heavy (non-hydrogen) atoms. The molecule has 0 bridgehead atoms. The number of carbonyl (C=O) groups is 2. The van der Waals surface area contributed by atoms with Crippen molar-refractivity contribution in [2.45, 2.75) is 39.3 Å². The monoisotopic (exact) mass is 422 g/mol. The molecule has 140 valence electrons. The first kappa shape index (κ1) is 20.0. The summed E-state index contributed by atoms with van der Waals surface area (Å²) in [6, 6.07) is 9.63. The molecular weight excluding hydrogens is 400 g/mol. The van der Waals surface area contributed by atoms with Gasteiger partial charge in [0, 0.05) is 23.5 Å². The van der Waals surface area contributed by atoms with Gasteiger partial charge in [-0.05, 0) is 38.5 Å². The first-order valence-corrected chi connectivity index (χ1v) is 9.05. The Morgan fingerprint density at radius 1 is 1.19 bits per heavy atom. The van der Waals surface area contributed by atoms with Crippen LogP contribution in [0.2, 0.25) is 0 Å². The molecule has 1 aromatic heterocycles. The van der Waals surface area contributed by atoms with Crippen molar-refractivity contribution < 1.29 is 14.3 Å². The number of halogens is 1. The molecule has 0 saturated carbocycles. The van der Waals surface area contributed by atoms with Crippen LogP contribution in [0, 0.1) is 0 Å². The van der Waals surface area contributed by atoms with Crippen molar-refractivity contribution in [1.82, 2.24) is 15.1 Å². The minimum absolute atomic E-state index is 0.142. The molecule has 0 fully saturated rings. The lowest BCUT2D eigenvalue weighted by Gasteiger charge is -2.19. The number of nitrogens with zero attached hydrogens (tertiary/aromatic N) is 2. The maximum absolute atomic E-state index is 12.1. The van der Waals surface area contributed by atoms with Crippen LogP contribution < -0.4 is 10.6 Å². The number of hydrogen-bond acceptors (Lipinski definition) is 4. The molecule has 0 unspecified atom stereocenters. The Hall–Kier alpha value is -2.35. The number of carbonyl (C=O) groups excluding carboxylic acids is 2. The molecular formula is C18H23BrN4O3. The average molecular weight is 423 g/mol. The molecule has 2 rings (SSSR count). The lowest BCUT2D eigenvalue weighted by molar-refractivity contribution is -0.116. The van der Waals surface area contributed by atoms with Crippen molar-refractivity contribution in [3.05, 3.63) is 46.6 Å². The number of amides is 2. The third-order valence-corrected chi connectivity index (χ3v) is 3.78. The van der Waals surface area contributed by atoms with Crippen molar-refractivity contribution in [2.75, 3.05) is 11.9 Å². The Bertz CT molecular complexity index is 751. The zero-order chi connectivity index (χ0) is 19.2. The van der Waals surface area contributed by atoms with E-state index in [1.54, 1.807) is 37.7 Å². The van der Waals surface area contributed by atoms with E-state index in [4.69, 9.17) is 4.74 Å². The number of rotatable bonds is 6. The third-order valence-electron chi connectivity index (χ3n) is 3.25. The summed E-state index contributed by atoms with van der Waals surface area (Å²) >= 11 is 3.40. The number of nitrogens with one attached hydrogen (secondary N) is 2. The standard InChI is InChI=1S/C18H23BrN4O3/c1-18(2,3)26-17(25)20-10-9-16(24)22-15-8-11-21-23(15)12-13-4-6-14(19)7-5-13/h4-8,11H,9-10,12H2,1-3H3,(H,20,25)(H,22,24). The van der Waals surface area contributed by atoms with E-state index in [0.29, 0.717) is 12.4 Å². The van der Waals surface area contributed by atoms with Crippen molar-refractivity contribution in [3.63, 3.8) is 0 Å². The summed E-state index contributed by atoms with van der Waals surface area (Å²) in [6.07, 6.45) is 1.24. The molecule has 7 nitrogen and oxygen atoms in total. The predicted molar refractivity (Wildman–Crippen MR) is 103 cm³/mol. The number of anilines is 1. The van der Waals surface area contributed by atoms with Crippen molar-refractivity contribution in [2.24, 2.45) is 0 Å². The van der Waals surface area contributed by atoms with E-state index >= 15 is 0 Å². The summed E-state index contributed by atoms with van der Waals surface area (Å²) in [4.78, 5) is 23.6. The summed E-state index contributed by atoms with van der Waals surface area (Å²) < 4.78 is 7.84. The van der Waals surface area contributed by atoms with E-state index in [1.807, 2.05) is 24.3 Å². The fraction of sp³-hybridized carbons (Fsp3) is 0.389. The number of ether oxygens (including phenoxy) is 1. The van der Waals surface area contributed by atoms with E-state index in [0.717, 1.165) is 10.0 Å². The highest BCUT2D eigenvalue weighted by molar-refractivity contribution is 9.10. The number of alkyl carbamates (subject to hydrolysis) is 1. The van der Waals surface area contributed by atoms with Gasteiger partial charge in [0.2, 0.25) is 5.91 Å². The normalized spacial score (nSPS) is 11.1. The summed E-state index contributed by atoms with van der Waals surface area (Å²) in [5.41, 5.74) is 0.505. The van der Waals surface area contributed by atoms with E-state index in [1.165, 1.54) is 0 Å². The van der Waals surface area contributed by atoms with E-state index in [-0.39, 0.29) is 18.9 Å². The molecule has 1 aromatic carbocycles. The molecule has 2 aromatic rings. The van der Waals surface area contributed by atoms with Gasteiger partial charge < -0.3 is 15.4 Å². The highest BCUT2D eigenvalue weighted by atomic mass is 79.9. The summed E-state index contributed by atoms with van der Waals surface area (Å²) in [7, 11) is 0. The largest absolute Gasteiger partial charge is 0.444 e. The van der Waals surface area contributed by atoms with Crippen LogP contribution in [0.4, 0.5) is 10.6 Å². The van der Waals surface area contributed by atoms with Gasteiger partial charge in [-0.2, -0.15) is 5.10 Å². The van der Waals surface area contributed by atoms with Gasteiger partial charge in [0.25, 0.3) is 0 Å². The second-order valence-corrected chi connectivity index (χ2v) is 7.64. The molecule has 2 amide bonds. The van der Waals surface area contributed by atoms with Crippen molar-refractivity contribution in [3.8, 4) is 0 Å². The van der Waals surface area contributed by atoms with Gasteiger partial charge in [0.1, 0.15) is 11.4 Å². The zero-order valence-corrected chi connectivity index (χ0v) is 16.7. The summed E-state index contributed by atoms with van der Waals surface area (Å²) in [6.45, 7) is 6.09. The van der Waals surface area contributed by atoms with E-state index < -0.39 is 11.7 Å². The number of hydrogen-bond donors (Lipinski definition) is 2. The molecule has 0 aliphatic rings. The zero-order valence-electron chi connectivity index (χ0n) is 15.1. The molecule has 0 aliphatic heterocycles. The fourth-order valence-corrected chi connectivity index (χ4v) is 2.39. The van der Waals surface area contributed by atoms with Gasteiger partial charge in [-0.15, -0.1) is 0 Å². The summed E-state index contributed by atoms with van der Waals surface area (Å²) in [5, 5.41) is 9.60. The van der Waals surface area contributed by atoms with Gasteiger partial charge in [0.05, 0.1) is 12.7 Å². The van der Waals surface area contributed by atoms with Crippen LogP contribution >= 0.6 is 15.9 Å². The van der Waals surface area contributed by atoms with Crippen LogP contribution in [0.3, 0.4) is 0 Å². The third kappa shape index (κ3) is 6.87. The van der Waals surface area contributed by atoms with Gasteiger partial charge in [0.15, 0.2) is 0 Å². The van der Waals surface area contributed by atoms with Gasteiger partial charge in [-0.1, -0.05) is 28.1 Å². The minimum Gasteiger partial charge on any atom is -0.444 e. The second-order valence-electron chi connectivity index (χ2n) is 6.73. The van der Waals surface area contributed by atoms with Crippen LogP contribution in [-0.2, 0) is 16.1 Å². The molecule has 0 saturated heterocycles. The molecule has 8 heteroatoms. The predicted octanol–water partition coefficient (Wildman–Crippen LogP) is 3.55. The highest BCUT2D eigenvalue weighted by Crippen LogP contribution is 2.14. The van der Waals surface area contributed by atoms with Crippen LogP contribution in [0.5, 0.6) is 0 Å². The van der Waals surface area contributed by atoms with Gasteiger partial charge in [-0.25, -0.2) is 9.48 Å². The quantitative estimate of drug-likeness (QED) is 0.744. The molecule has 1 heterocycles. The molecule has 0 spiro atoms. The van der Waals surface area contributed by atoms with Crippen LogP contribution in [0.15, 0.2) is 41.0 Å². The minimum atomic E-state index is -0.564. The topological polar surface area (TPSA) is 85.2 Å². The maximum Gasteiger partial charge on any atom is 0.407 e. The maximum atomic E-state index is 12.1. The Labute approximate surface area is 161 Å². The van der Waals surface area contributed by atoms with Crippen LogP contribution in [0.25, 0.3) is 0 Å². The van der Waals surface area contributed by atoms with E-state index in [2.05, 4.69) is 31.7 Å². The molecule has 2 N–H and O–H groups in total. The SMILES string of the molecule is CC(C)(C)OC(=O)NCCC(=O)Nc1ccnn1Cc1ccc(Br)cc1. The van der Waals surface area contributed by atoms with Gasteiger partial charge >= 0.3 is 6.09 Å². The van der Waals surface area contributed by atoms with Gasteiger partial charge in [-0.3, -0.25) is 4.79 Å². The lowest BCUT2D eigenvalue weighted by atomic mass is 10.2. The molecule has 0 aliphatic carbocycles. The first-order valence-electron chi connectivity index (χ1n) is 8.26. The van der Waals surface area contributed by atoms with Crippen molar-refractivity contribution in [1.29, 1.82) is 0 Å². The number of benzene rings is 1. The Kier molecular flexibility index (Phi) is 6.79. The Morgan fingerprint density at radius 2 is 1.88 bits per heavy atom. The average Bonchev–Trinajstić information content (AvgIpc) is 2.94. The lowest BCUT2D eigenvalue weighted by Crippen LogP contribution is -2.34. The highest BCUT2D eigenvalue weighted by Gasteiger charge is 2.16. The van der Waals surface area contributed by atoms with Crippen LogP contribution in [-0.4, -0.2) is 33.9 Å². The van der Waals surface area contributed by atoms with E-state index in [9.17, 15) is 9.59 Å². The Balaban J connectivity index is 1.82. The fourth-order valence-electron chi connectivity index (χ4n) is 2.13. The van der Waals surface area contributed by atoms with Crippen molar-refractivity contribution >= 4 is 33.7 Å². The Morgan fingerprint density at radius 3 is 2.54 bits per heavy atom. The second kappa shape index (κ2) is 8.84. The summed E-state index contributed by atoms with van der Waals surface area (Å²) in [5.74, 6) is 0.397. The van der Waals surface area contributed by atoms with Crippen LogP contribution in [0.1, 0.15) is 32.8 Å². The smallest absolute Gasteiger partial charge is 0.407 e.